The molecule has 21 heavy (non-hydrogen) atoms. The second-order valence-electron chi connectivity index (χ2n) is 5.26. The third-order valence-corrected chi connectivity index (χ3v) is 3.37. The Morgan fingerprint density at radius 2 is 1.57 bits per heavy atom. The Morgan fingerprint density at radius 3 is 2.24 bits per heavy atom. The standard InChI is InChI=1S/C17H18N4/c1-12-6-4-8-16(18-12)17-9-5-7-15(19-17)11-21-14(3)10-13(2)20-21/h4-10H,11H2,1-3H3. The molecule has 0 bridgehead atoms. The summed E-state index contributed by atoms with van der Waals surface area (Å²) in [5.74, 6) is 0. The summed E-state index contributed by atoms with van der Waals surface area (Å²) in [6.07, 6.45) is 0. The van der Waals surface area contributed by atoms with Crippen LogP contribution in [0, 0.1) is 20.8 Å². The monoisotopic (exact) mass is 278 g/mol. The zero-order chi connectivity index (χ0) is 14.8. The van der Waals surface area contributed by atoms with Crippen LogP contribution in [-0.2, 0) is 6.54 Å². The number of rotatable bonds is 3. The lowest BCUT2D eigenvalue weighted by Crippen LogP contribution is -2.06. The van der Waals surface area contributed by atoms with Gasteiger partial charge in [-0.15, -0.1) is 0 Å². The van der Waals surface area contributed by atoms with Crippen molar-refractivity contribution in [2.45, 2.75) is 27.3 Å². The van der Waals surface area contributed by atoms with E-state index < -0.39 is 0 Å². The fourth-order valence-electron chi connectivity index (χ4n) is 2.38. The first-order chi connectivity index (χ1) is 10.1. The van der Waals surface area contributed by atoms with Crippen molar-refractivity contribution in [1.82, 2.24) is 19.7 Å². The molecule has 0 radical (unpaired) electrons. The number of hydrogen-bond acceptors (Lipinski definition) is 3. The molecule has 3 rings (SSSR count). The molecule has 0 fully saturated rings. The van der Waals surface area contributed by atoms with Gasteiger partial charge in [0.2, 0.25) is 0 Å². The van der Waals surface area contributed by atoms with Gasteiger partial charge >= 0.3 is 0 Å². The number of aryl methyl sites for hydroxylation is 3. The van der Waals surface area contributed by atoms with E-state index in [1.807, 2.05) is 54.9 Å². The lowest BCUT2D eigenvalue weighted by Gasteiger charge is -2.06. The quantitative estimate of drug-likeness (QED) is 0.738. The van der Waals surface area contributed by atoms with Gasteiger partial charge in [-0.25, -0.2) is 4.98 Å². The molecule has 0 amide bonds. The molecule has 0 saturated carbocycles. The molecule has 0 atom stereocenters. The van der Waals surface area contributed by atoms with Crippen molar-refractivity contribution < 1.29 is 0 Å². The molecule has 0 aromatic carbocycles. The molecule has 0 aliphatic carbocycles. The lowest BCUT2D eigenvalue weighted by molar-refractivity contribution is 0.647. The Bertz CT molecular complexity index is 774. The maximum atomic E-state index is 4.71. The van der Waals surface area contributed by atoms with Crippen LogP contribution in [0.25, 0.3) is 11.4 Å². The first-order valence-electron chi connectivity index (χ1n) is 7.03. The number of nitrogens with zero attached hydrogens (tertiary/aromatic N) is 4. The van der Waals surface area contributed by atoms with Crippen LogP contribution in [0.15, 0.2) is 42.5 Å². The summed E-state index contributed by atoms with van der Waals surface area (Å²) in [6, 6.07) is 14.1. The van der Waals surface area contributed by atoms with Gasteiger partial charge in [-0.1, -0.05) is 12.1 Å². The van der Waals surface area contributed by atoms with Crippen LogP contribution in [0.4, 0.5) is 0 Å². The van der Waals surface area contributed by atoms with Gasteiger partial charge in [0.1, 0.15) is 0 Å². The van der Waals surface area contributed by atoms with E-state index in [2.05, 4.69) is 23.1 Å². The smallest absolute Gasteiger partial charge is 0.0890 e. The molecular formula is C17H18N4. The summed E-state index contributed by atoms with van der Waals surface area (Å²) < 4.78 is 1.98. The molecule has 0 N–H and O–H groups in total. The van der Waals surface area contributed by atoms with Gasteiger partial charge in [-0.2, -0.15) is 5.10 Å². The van der Waals surface area contributed by atoms with Crippen molar-refractivity contribution in [2.24, 2.45) is 0 Å². The van der Waals surface area contributed by atoms with Crippen LogP contribution in [0.3, 0.4) is 0 Å². The summed E-state index contributed by atoms with van der Waals surface area (Å²) in [4.78, 5) is 9.23. The number of pyridine rings is 2. The molecule has 3 aromatic heterocycles. The van der Waals surface area contributed by atoms with E-state index in [1.54, 1.807) is 0 Å². The second kappa shape index (κ2) is 5.48. The number of aromatic nitrogens is 4. The summed E-state index contributed by atoms with van der Waals surface area (Å²) in [5.41, 5.74) is 5.97. The van der Waals surface area contributed by atoms with Crippen molar-refractivity contribution in [3.8, 4) is 11.4 Å². The summed E-state index contributed by atoms with van der Waals surface area (Å²) in [5, 5.41) is 4.48. The van der Waals surface area contributed by atoms with E-state index in [1.165, 1.54) is 0 Å². The Balaban J connectivity index is 1.91. The fourth-order valence-corrected chi connectivity index (χ4v) is 2.38. The molecule has 3 aromatic rings. The van der Waals surface area contributed by atoms with Crippen molar-refractivity contribution in [3.05, 3.63) is 65.2 Å². The van der Waals surface area contributed by atoms with Gasteiger partial charge in [0, 0.05) is 11.4 Å². The van der Waals surface area contributed by atoms with E-state index >= 15 is 0 Å². The first kappa shape index (κ1) is 13.5. The van der Waals surface area contributed by atoms with Gasteiger partial charge in [-0.05, 0) is 51.1 Å². The third-order valence-electron chi connectivity index (χ3n) is 3.37. The first-order valence-corrected chi connectivity index (χ1v) is 7.03. The Morgan fingerprint density at radius 1 is 0.857 bits per heavy atom. The van der Waals surface area contributed by atoms with Crippen LogP contribution in [0.1, 0.15) is 22.8 Å². The molecule has 106 valence electrons. The molecule has 0 aliphatic rings. The van der Waals surface area contributed by atoms with Crippen molar-refractivity contribution in [1.29, 1.82) is 0 Å². The Kier molecular flexibility index (Phi) is 3.52. The molecule has 4 nitrogen and oxygen atoms in total. The normalized spacial score (nSPS) is 10.8. The molecule has 0 unspecified atom stereocenters. The summed E-state index contributed by atoms with van der Waals surface area (Å²) in [7, 11) is 0. The van der Waals surface area contributed by atoms with Crippen LogP contribution < -0.4 is 0 Å². The van der Waals surface area contributed by atoms with Gasteiger partial charge in [0.25, 0.3) is 0 Å². The maximum absolute atomic E-state index is 4.71. The largest absolute Gasteiger partial charge is 0.264 e. The summed E-state index contributed by atoms with van der Waals surface area (Å²) in [6.45, 7) is 6.73. The highest BCUT2D eigenvalue weighted by atomic mass is 15.3. The fraction of sp³-hybridized carbons (Fsp3) is 0.235. The van der Waals surface area contributed by atoms with E-state index in [-0.39, 0.29) is 0 Å². The highest BCUT2D eigenvalue weighted by Crippen LogP contribution is 2.16. The minimum absolute atomic E-state index is 0.680. The average Bonchev–Trinajstić information content (AvgIpc) is 2.77. The van der Waals surface area contributed by atoms with Crippen LogP contribution in [0.2, 0.25) is 0 Å². The predicted molar refractivity (Wildman–Crippen MR) is 83.0 cm³/mol. The second-order valence-corrected chi connectivity index (χ2v) is 5.26. The van der Waals surface area contributed by atoms with Crippen LogP contribution in [-0.4, -0.2) is 19.7 Å². The minimum Gasteiger partial charge on any atom is -0.264 e. The average molecular weight is 278 g/mol. The van der Waals surface area contributed by atoms with E-state index in [9.17, 15) is 0 Å². The molecule has 0 saturated heterocycles. The summed E-state index contributed by atoms with van der Waals surface area (Å²) >= 11 is 0. The Labute approximate surface area is 124 Å². The van der Waals surface area contributed by atoms with E-state index in [0.29, 0.717) is 6.54 Å². The SMILES string of the molecule is Cc1cccc(-c2cccc(Cn3nc(C)cc3C)n2)n1. The molecule has 3 heterocycles. The zero-order valence-corrected chi connectivity index (χ0v) is 12.5. The van der Waals surface area contributed by atoms with Gasteiger partial charge in [0.15, 0.2) is 0 Å². The van der Waals surface area contributed by atoms with Gasteiger partial charge in [-0.3, -0.25) is 9.67 Å². The molecular weight excluding hydrogens is 260 g/mol. The lowest BCUT2D eigenvalue weighted by atomic mass is 10.2. The van der Waals surface area contributed by atoms with Crippen molar-refractivity contribution in [2.75, 3.05) is 0 Å². The van der Waals surface area contributed by atoms with E-state index in [0.717, 1.165) is 34.2 Å². The highest BCUT2D eigenvalue weighted by Gasteiger charge is 2.06. The van der Waals surface area contributed by atoms with E-state index in [4.69, 9.17) is 4.98 Å². The van der Waals surface area contributed by atoms with Gasteiger partial charge in [0.05, 0.1) is 29.3 Å². The Hall–Kier alpha value is -2.49. The molecule has 4 heteroatoms. The minimum atomic E-state index is 0.680. The van der Waals surface area contributed by atoms with Gasteiger partial charge < -0.3 is 0 Å². The molecule has 0 spiro atoms. The van der Waals surface area contributed by atoms with Crippen molar-refractivity contribution in [3.63, 3.8) is 0 Å². The predicted octanol–water partition coefficient (Wildman–Crippen LogP) is 3.31. The van der Waals surface area contributed by atoms with Crippen molar-refractivity contribution >= 4 is 0 Å². The van der Waals surface area contributed by atoms with Crippen LogP contribution in [0.5, 0.6) is 0 Å². The zero-order valence-electron chi connectivity index (χ0n) is 12.5. The maximum Gasteiger partial charge on any atom is 0.0890 e. The third kappa shape index (κ3) is 2.99. The highest BCUT2D eigenvalue weighted by molar-refractivity contribution is 5.54. The van der Waals surface area contributed by atoms with Crippen LogP contribution >= 0.6 is 0 Å². The number of hydrogen-bond donors (Lipinski definition) is 0. The topological polar surface area (TPSA) is 43.6 Å². The molecule has 0 aliphatic heterocycles.